The van der Waals surface area contributed by atoms with Crippen molar-refractivity contribution in [1.82, 2.24) is 4.98 Å². The second kappa shape index (κ2) is 8.53. The molecule has 0 aliphatic carbocycles. The number of thiazole rings is 1. The summed E-state index contributed by atoms with van der Waals surface area (Å²) in [5.41, 5.74) is -1.40. The van der Waals surface area contributed by atoms with Crippen LogP contribution < -0.4 is 10.1 Å². The van der Waals surface area contributed by atoms with Crippen molar-refractivity contribution in [2.75, 3.05) is 5.32 Å². The zero-order valence-electron chi connectivity index (χ0n) is 12.8. The maximum atomic E-state index is 13.0. The van der Waals surface area contributed by atoms with Crippen molar-refractivity contribution in [3.63, 3.8) is 0 Å². The molecule has 1 heterocycles. The lowest BCUT2D eigenvalue weighted by Gasteiger charge is -2.14. The van der Waals surface area contributed by atoms with Crippen molar-refractivity contribution in [3.8, 4) is 5.75 Å². The third kappa shape index (κ3) is 6.22. The summed E-state index contributed by atoms with van der Waals surface area (Å²) in [4.78, 5) is 14.9. The molecule has 1 amide bonds. The van der Waals surface area contributed by atoms with Crippen LogP contribution in [-0.4, -0.2) is 17.3 Å². The van der Waals surface area contributed by atoms with E-state index in [1.54, 1.807) is 0 Å². The molecule has 1 N–H and O–H groups in total. The molecule has 4 nitrogen and oxygen atoms in total. The summed E-state index contributed by atoms with van der Waals surface area (Å²) >= 11 is 6.43. The molecule has 0 saturated heterocycles. The highest BCUT2D eigenvalue weighted by Crippen LogP contribution is 2.39. The number of carbonyl (C=O) groups is 1. The van der Waals surface area contributed by atoms with Gasteiger partial charge in [0, 0.05) is 8.95 Å². The van der Waals surface area contributed by atoms with Crippen molar-refractivity contribution in [1.29, 1.82) is 0 Å². The minimum Gasteiger partial charge on any atom is -0.406 e. The molecule has 14 heteroatoms. The van der Waals surface area contributed by atoms with Gasteiger partial charge in [0.1, 0.15) is 10.6 Å². The summed E-state index contributed by atoms with van der Waals surface area (Å²) in [5, 5.41) is 2.25. The molecular formula is C13H7Br2ClF6N2O2S. The van der Waals surface area contributed by atoms with Gasteiger partial charge in [-0.15, -0.1) is 36.9 Å². The first-order chi connectivity index (χ1) is 11.8. The normalized spacial score (nSPS) is 11.7. The van der Waals surface area contributed by atoms with Gasteiger partial charge in [0.15, 0.2) is 5.69 Å². The lowest BCUT2D eigenvalue weighted by Crippen LogP contribution is -2.18. The molecule has 0 aliphatic rings. The average Bonchev–Trinajstić information content (AvgIpc) is 2.83. The largest absolute Gasteiger partial charge is 0.573 e. The minimum atomic E-state index is -4.93. The van der Waals surface area contributed by atoms with Crippen molar-refractivity contribution in [3.05, 3.63) is 36.7 Å². The Morgan fingerprint density at radius 2 is 1.67 bits per heavy atom. The SMILES string of the molecule is Cc1nc(C(F)(F)F)c(C(=O)Nc2c(Br)cc(OC(F)(F)F)cc2Br)s1.Cl. The lowest BCUT2D eigenvalue weighted by atomic mass is 10.2. The molecule has 0 aliphatic heterocycles. The molecule has 0 atom stereocenters. The molecule has 1 aromatic heterocycles. The number of aryl methyl sites for hydroxylation is 1. The second-order valence-electron chi connectivity index (χ2n) is 4.67. The first-order valence-corrected chi connectivity index (χ1v) is 8.79. The summed E-state index contributed by atoms with van der Waals surface area (Å²) in [6.07, 6.45) is -9.75. The second-order valence-corrected chi connectivity index (χ2v) is 7.58. The number of benzene rings is 1. The zero-order valence-corrected chi connectivity index (χ0v) is 17.6. The quantitative estimate of drug-likeness (QED) is 0.430. The van der Waals surface area contributed by atoms with Crippen molar-refractivity contribution in [2.45, 2.75) is 19.5 Å². The Kier molecular flexibility index (Phi) is 7.58. The number of nitrogens with zero attached hydrogens (tertiary/aromatic N) is 1. The smallest absolute Gasteiger partial charge is 0.406 e. The van der Waals surface area contributed by atoms with Crippen LogP contribution in [0.2, 0.25) is 0 Å². The van der Waals surface area contributed by atoms with E-state index in [4.69, 9.17) is 0 Å². The van der Waals surface area contributed by atoms with Crippen LogP contribution >= 0.6 is 55.6 Å². The van der Waals surface area contributed by atoms with Gasteiger partial charge < -0.3 is 10.1 Å². The van der Waals surface area contributed by atoms with Crippen LogP contribution in [0.4, 0.5) is 32.0 Å². The number of ether oxygens (including phenoxy) is 1. The van der Waals surface area contributed by atoms with Gasteiger partial charge in [-0.25, -0.2) is 4.98 Å². The van der Waals surface area contributed by atoms with E-state index in [-0.39, 0.29) is 32.0 Å². The number of rotatable bonds is 3. The van der Waals surface area contributed by atoms with Gasteiger partial charge in [0.25, 0.3) is 5.91 Å². The maximum Gasteiger partial charge on any atom is 0.573 e. The third-order valence-corrected chi connectivity index (χ3v) is 4.92. The van der Waals surface area contributed by atoms with E-state index in [1.165, 1.54) is 6.92 Å². The van der Waals surface area contributed by atoms with E-state index < -0.39 is 34.8 Å². The van der Waals surface area contributed by atoms with Crippen LogP contribution in [0, 0.1) is 6.92 Å². The van der Waals surface area contributed by atoms with Crippen LogP contribution in [0.3, 0.4) is 0 Å². The van der Waals surface area contributed by atoms with Gasteiger partial charge in [0.2, 0.25) is 0 Å². The van der Waals surface area contributed by atoms with Crippen molar-refractivity contribution < 1.29 is 35.9 Å². The van der Waals surface area contributed by atoms with Crippen LogP contribution in [0.5, 0.6) is 5.75 Å². The molecule has 2 aromatic rings. The Hall–Kier alpha value is -1.05. The highest BCUT2D eigenvalue weighted by Gasteiger charge is 2.39. The molecular weight excluding hydrogens is 557 g/mol. The maximum absolute atomic E-state index is 13.0. The molecule has 0 spiro atoms. The Bertz CT molecular complexity index is 833. The summed E-state index contributed by atoms with van der Waals surface area (Å²) in [7, 11) is 0. The summed E-state index contributed by atoms with van der Waals surface area (Å²) in [6, 6.07) is 1.83. The highest BCUT2D eigenvalue weighted by molar-refractivity contribution is 9.11. The van der Waals surface area contributed by atoms with E-state index in [0.717, 1.165) is 12.1 Å². The standard InChI is InChI=1S/C13H6Br2F6N2O2S.ClH/c1-4-22-10(12(16,17)18)9(26-4)11(24)23-8-6(14)2-5(3-7(8)15)25-13(19,20)21;/h2-3H,1H3,(H,23,24);1H. The van der Waals surface area contributed by atoms with Crippen molar-refractivity contribution in [2.24, 2.45) is 0 Å². The fourth-order valence-electron chi connectivity index (χ4n) is 1.81. The predicted octanol–water partition coefficient (Wildman–Crippen LogP) is 6.57. The molecule has 0 fully saturated rings. The van der Waals surface area contributed by atoms with Gasteiger partial charge in [0.05, 0.1) is 10.7 Å². The molecule has 150 valence electrons. The Labute approximate surface area is 175 Å². The van der Waals surface area contributed by atoms with Crippen molar-refractivity contribution >= 4 is 67.2 Å². The zero-order chi connectivity index (χ0) is 19.9. The van der Waals surface area contributed by atoms with E-state index in [1.807, 2.05) is 0 Å². The van der Waals surface area contributed by atoms with Crippen LogP contribution in [0.15, 0.2) is 21.1 Å². The van der Waals surface area contributed by atoms with Crippen LogP contribution in [0.25, 0.3) is 0 Å². The van der Waals surface area contributed by atoms with Gasteiger partial charge in [-0.05, 0) is 50.9 Å². The molecule has 1 aromatic carbocycles. The molecule has 27 heavy (non-hydrogen) atoms. The summed E-state index contributed by atoms with van der Waals surface area (Å²) in [5.74, 6) is -1.69. The topological polar surface area (TPSA) is 51.2 Å². The Balaban J connectivity index is 0.00000364. The fraction of sp³-hybridized carbons (Fsp3) is 0.231. The Morgan fingerprint density at radius 3 is 2.11 bits per heavy atom. The number of alkyl halides is 6. The van der Waals surface area contributed by atoms with Gasteiger partial charge in [-0.2, -0.15) is 13.2 Å². The summed E-state index contributed by atoms with van der Waals surface area (Å²) < 4.78 is 79.3. The number of amides is 1. The number of hydrogen-bond acceptors (Lipinski definition) is 4. The predicted molar refractivity (Wildman–Crippen MR) is 95.6 cm³/mol. The molecule has 0 radical (unpaired) electrons. The monoisotopic (exact) mass is 562 g/mol. The third-order valence-electron chi connectivity index (χ3n) is 2.70. The van der Waals surface area contributed by atoms with Crippen LogP contribution in [-0.2, 0) is 6.18 Å². The number of hydrogen-bond donors (Lipinski definition) is 1. The van der Waals surface area contributed by atoms with Gasteiger partial charge >= 0.3 is 12.5 Å². The number of carbonyl (C=O) groups excluding carboxylic acids is 1. The molecule has 0 unspecified atom stereocenters. The number of anilines is 1. The lowest BCUT2D eigenvalue weighted by molar-refractivity contribution is -0.274. The number of nitrogens with one attached hydrogen (secondary N) is 1. The average molecular weight is 565 g/mol. The Morgan fingerprint density at radius 1 is 1.15 bits per heavy atom. The van der Waals surface area contributed by atoms with E-state index >= 15 is 0 Å². The van der Waals surface area contributed by atoms with Gasteiger partial charge in [-0.1, -0.05) is 0 Å². The first kappa shape index (κ1) is 24.0. The van der Waals surface area contributed by atoms with Gasteiger partial charge in [-0.3, -0.25) is 4.79 Å². The van der Waals surface area contributed by atoms with E-state index in [2.05, 4.69) is 46.9 Å². The van der Waals surface area contributed by atoms with E-state index in [9.17, 15) is 31.1 Å². The molecule has 0 saturated carbocycles. The van der Waals surface area contributed by atoms with E-state index in [0.29, 0.717) is 11.3 Å². The number of aromatic nitrogens is 1. The van der Waals surface area contributed by atoms with Crippen LogP contribution in [0.1, 0.15) is 20.4 Å². The highest BCUT2D eigenvalue weighted by atomic mass is 79.9. The summed E-state index contributed by atoms with van der Waals surface area (Å²) in [6.45, 7) is 1.31. The number of halogens is 9. The first-order valence-electron chi connectivity index (χ1n) is 6.38. The molecule has 0 bridgehead atoms. The fourth-order valence-corrected chi connectivity index (χ4v) is 3.98. The minimum absolute atomic E-state index is 0. The molecule has 2 rings (SSSR count).